The lowest BCUT2D eigenvalue weighted by atomic mass is 10.2. The molecule has 2 N–H and O–H groups in total. The number of carbonyl (C=O) groups is 1. The van der Waals surface area contributed by atoms with Crippen LogP contribution in [0.3, 0.4) is 0 Å². The van der Waals surface area contributed by atoms with E-state index in [4.69, 9.17) is 0 Å². The van der Waals surface area contributed by atoms with E-state index in [9.17, 15) is 18.0 Å². The lowest BCUT2D eigenvalue weighted by molar-refractivity contribution is -0.137. The van der Waals surface area contributed by atoms with Crippen molar-refractivity contribution in [1.82, 2.24) is 10.3 Å². The first-order valence-corrected chi connectivity index (χ1v) is 7.08. The second-order valence-electron chi connectivity index (χ2n) is 4.89. The Morgan fingerprint density at radius 1 is 1.13 bits per heavy atom. The summed E-state index contributed by atoms with van der Waals surface area (Å²) in [6.07, 6.45) is -2.08. The van der Waals surface area contributed by atoms with Gasteiger partial charge in [-0.2, -0.15) is 13.2 Å². The molecule has 0 spiro atoms. The van der Waals surface area contributed by atoms with Crippen molar-refractivity contribution in [3.05, 3.63) is 53.9 Å². The number of nitrogens with zero attached hydrogens (tertiary/aromatic N) is 1. The molecule has 0 fully saturated rings. The Bertz CT molecular complexity index is 669. The lowest BCUT2D eigenvalue weighted by Gasteiger charge is -2.10. The number of benzene rings is 1. The minimum Gasteiger partial charge on any atom is -0.355 e. The molecule has 2 rings (SSSR count). The number of nitrogens with one attached hydrogen (secondary N) is 2. The van der Waals surface area contributed by atoms with Crippen LogP contribution < -0.4 is 10.6 Å². The van der Waals surface area contributed by atoms with Crippen LogP contribution in [0, 0.1) is 0 Å². The van der Waals surface area contributed by atoms with Gasteiger partial charge in [0.15, 0.2) is 0 Å². The molecular formula is C16H16F3N3O. The van der Waals surface area contributed by atoms with Crippen LogP contribution in [0.15, 0.2) is 42.6 Å². The first kappa shape index (κ1) is 16.8. The summed E-state index contributed by atoms with van der Waals surface area (Å²) >= 11 is 0. The molecule has 0 bridgehead atoms. The molecule has 0 atom stereocenters. The molecule has 7 heteroatoms. The van der Waals surface area contributed by atoms with Crippen molar-refractivity contribution in [2.45, 2.75) is 19.5 Å². The monoisotopic (exact) mass is 323 g/mol. The van der Waals surface area contributed by atoms with Gasteiger partial charge in [0.2, 0.25) is 0 Å². The van der Waals surface area contributed by atoms with Gasteiger partial charge < -0.3 is 10.6 Å². The zero-order chi connectivity index (χ0) is 16.9. The maximum Gasteiger partial charge on any atom is 0.416 e. The number of carbonyl (C=O) groups excluding carboxylic acids is 1. The highest BCUT2D eigenvalue weighted by atomic mass is 19.4. The average Bonchev–Trinajstić information content (AvgIpc) is 2.52. The van der Waals surface area contributed by atoms with Crippen molar-refractivity contribution in [2.75, 3.05) is 11.9 Å². The Hall–Kier alpha value is -2.57. The first-order valence-electron chi connectivity index (χ1n) is 7.08. The van der Waals surface area contributed by atoms with E-state index >= 15 is 0 Å². The Balaban J connectivity index is 2.10. The number of anilines is 2. The highest BCUT2D eigenvalue weighted by Gasteiger charge is 2.29. The zero-order valence-corrected chi connectivity index (χ0v) is 12.4. The van der Waals surface area contributed by atoms with E-state index in [2.05, 4.69) is 15.6 Å². The summed E-state index contributed by atoms with van der Waals surface area (Å²) in [4.78, 5) is 15.8. The molecule has 0 radical (unpaired) electrons. The van der Waals surface area contributed by atoms with Gasteiger partial charge in [-0.05, 0) is 42.8 Å². The maximum atomic E-state index is 12.5. The van der Waals surface area contributed by atoms with Gasteiger partial charge in [-0.15, -0.1) is 0 Å². The Kier molecular flexibility index (Phi) is 5.20. The fourth-order valence-electron chi connectivity index (χ4n) is 1.87. The third kappa shape index (κ3) is 4.70. The Morgan fingerprint density at radius 2 is 1.83 bits per heavy atom. The first-order chi connectivity index (χ1) is 10.9. The van der Waals surface area contributed by atoms with Gasteiger partial charge in [-0.3, -0.25) is 9.78 Å². The van der Waals surface area contributed by atoms with Crippen molar-refractivity contribution >= 4 is 17.3 Å². The van der Waals surface area contributed by atoms with Gasteiger partial charge in [0.05, 0.1) is 5.56 Å². The van der Waals surface area contributed by atoms with E-state index in [1.807, 2.05) is 6.92 Å². The van der Waals surface area contributed by atoms with Crippen molar-refractivity contribution in [1.29, 1.82) is 0 Å². The largest absolute Gasteiger partial charge is 0.416 e. The average molecular weight is 323 g/mol. The topological polar surface area (TPSA) is 54.0 Å². The summed E-state index contributed by atoms with van der Waals surface area (Å²) in [6, 6.07) is 7.84. The summed E-state index contributed by atoms with van der Waals surface area (Å²) in [7, 11) is 0. The fraction of sp³-hybridized carbons (Fsp3) is 0.250. The summed E-state index contributed by atoms with van der Waals surface area (Å²) in [5, 5.41) is 5.66. The highest BCUT2D eigenvalue weighted by molar-refractivity contribution is 5.93. The molecule has 1 heterocycles. The van der Waals surface area contributed by atoms with Crippen molar-refractivity contribution in [3.8, 4) is 0 Å². The van der Waals surface area contributed by atoms with Gasteiger partial charge in [0.1, 0.15) is 5.69 Å². The second-order valence-corrected chi connectivity index (χ2v) is 4.89. The third-order valence-corrected chi connectivity index (χ3v) is 3.03. The van der Waals surface area contributed by atoms with Crippen molar-refractivity contribution < 1.29 is 18.0 Å². The number of hydrogen-bond donors (Lipinski definition) is 2. The van der Waals surface area contributed by atoms with E-state index in [0.29, 0.717) is 17.9 Å². The molecule has 0 aliphatic heterocycles. The molecule has 1 aromatic carbocycles. The summed E-state index contributed by atoms with van der Waals surface area (Å²) in [6.45, 7) is 2.49. The van der Waals surface area contributed by atoms with E-state index in [0.717, 1.165) is 18.6 Å². The second kappa shape index (κ2) is 7.13. The zero-order valence-electron chi connectivity index (χ0n) is 12.4. The number of rotatable bonds is 5. The lowest BCUT2D eigenvalue weighted by Crippen LogP contribution is -2.24. The van der Waals surface area contributed by atoms with Crippen LogP contribution in [0.25, 0.3) is 0 Å². The van der Waals surface area contributed by atoms with E-state index in [1.165, 1.54) is 18.3 Å². The minimum atomic E-state index is -4.36. The molecule has 4 nitrogen and oxygen atoms in total. The van der Waals surface area contributed by atoms with E-state index in [-0.39, 0.29) is 11.6 Å². The van der Waals surface area contributed by atoms with E-state index in [1.54, 1.807) is 12.1 Å². The molecule has 122 valence electrons. The number of aromatic nitrogens is 1. The predicted molar refractivity (Wildman–Crippen MR) is 81.6 cm³/mol. The third-order valence-electron chi connectivity index (χ3n) is 3.03. The number of hydrogen-bond acceptors (Lipinski definition) is 3. The minimum absolute atomic E-state index is 0.246. The molecule has 0 aliphatic rings. The summed E-state index contributed by atoms with van der Waals surface area (Å²) in [5.74, 6) is -0.289. The van der Waals surface area contributed by atoms with Crippen LogP contribution in [0.2, 0.25) is 0 Å². The Morgan fingerprint density at radius 3 is 2.43 bits per heavy atom. The van der Waals surface area contributed by atoms with Crippen LogP contribution in [-0.4, -0.2) is 17.4 Å². The van der Waals surface area contributed by atoms with Crippen LogP contribution in [0.5, 0.6) is 0 Å². The maximum absolute atomic E-state index is 12.5. The number of alkyl halides is 3. The number of pyridine rings is 1. The molecule has 1 amide bonds. The summed E-state index contributed by atoms with van der Waals surface area (Å²) in [5.41, 5.74) is 0.596. The van der Waals surface area contributed by atoms with Crippen LogP contribution in [0.4, 0.5) is 24.5 Å². The van der Waals surface area contributed by atoms with Crippen LogP contribution in [-0.2, 0) is 6.18 Å². The standard InChI is InChI=1S/C16H16F3N3O/c1-2-8-21-15(23)14-10-13(7-9-20-14)22-12-5-3-11(4-6-12)16(17,18)19/h3-7,9-10H,2,8H2,1H3,(H,20,22)(H,21,23). The number of amides is 1. The van der Waals surface area contributed by atoms with Gasteiger partial charge in [0, 0.05) is 24.1 Å². The van der Waals surface area contributed by atoms with E-state index < -0.39 is 11.7 Å². The molecule has 1 aromatic heterocycles. The molecule has 0 saturated heterocycles. The summed E-state index contributed by atoms with van der Waals surface area (Å²) < 4.78 is 37.6. The quantitative estimate of drug-likeness (QED) is 0.875. The van der Waals surface area contributed by atoms with Crippen molar-refractivity contribution in [2.24, 2.45) is 0 Å². The van der Waals surface area contributed by atoms with Gasteiger partial charge >= 0.3 is 6.18 Å². The highest BCUT2D eigenvalue weighted by Crippen LogP contribution is 2.30. The van der Waals surface area contributed by atoms with Gasteiger partial charge in [0.25, 0.3) is 5.91 Å². The smallest absolute Gasteiger partial charge is 0.355 e. The molecule has 0 aliphatic carbocycles. The van der Waals surface area contributed by atoms with Crippen LogP contribution in [0.1, 0.15) is 29.4 Å². The van der Waals surface area contributed by atoms with Crippen molar-refractivity contribution in [3.63, 3.8) is 0 Å². The predicted octanol–water partition coefficient (Wildman–Crippen LogP) is 3.98. The van der Waals surface area contributed by atoms with Crippen LogP contribution >= 0.6 is 0 Å². The normalized spacial score (nSPS) is 11.1. The molecular weight excluding hydrogens is 307 g/mol. The molecule has 23 heavy (non-hydrogen) atoms. The Labute approximate surface area is 131 Å². The fourth-order valence-corrected chi connectivity index (χ4v) is 1.87. The van der Waals surface area contributed by atoms with Gasteiger partial charge in [-0.1, -0.05) is 6.92 Å². The molecule has 2 aromatic rings. The SMILES string of the molecule is CCCNC(=O)c1cc(Nc2ccc(C(F)(F)F)cc2)ccn1. The molecule has 0 unspecified atom stereocenters. The van der Waals surface area contributed by atoms with Gasteiger partial charge in [-0.25, -0.2) is 0 Å². The number of halogens is 3. The molecule has 0 saturated carbocycles.